The Kier molecular flexibility index (Phi) is 7.71. The summed E-state index contributed by atoms with van der Waals surface area (Å²) in [5.41, 5.74) is 2.82. The maximum Gasteiger partial charge on any atom is 0.0446 e. The summed E-state index contributed by atoms with van der Waals surface area (Å²) < 4.78 is 0. The van der Waals surface area contributed by atoms with E-state index in [1.165, 1.54) is 37.1 Å². The number of likely N-dealkylation sites (tertiary alicyclic amines) is 1. The molecule has 0 bridgehead atoms. The van der Waals surface area contributed by atoms with Crippen LogP contribution >= 0.6 is 0 Å². The summed E-state index contributed by atoms with van der Waals surface area (Å²) in [4.78, 5) is 7.92. The highest BCUT2D eigenvalue weighted by Gasteiger charge is 2.33. The Bertz CT molecular complexity index is 551. The van der Waals surface area contributed by atoms with Crippen LogP contribution in [0.5, 0.6) is 0 Å². The van der Waals surface area contributed by atoms with Gasteiger partial charge in [0, 0.05) is 50.9 Å². The van der Waals surface area contributed by atoms with Crippen molar-refractivity contribution in [1.82, 2.24) is 14.7 Å². The molecule has 3 rings (SSSR count). The van der Waals surface area contributed by atoms with E-state index in [4.69, 9.17) is 0 Å². The zero-order valence-electron chi connectivity index (χ0n) is 17.6. The lowest BCUT2D eigenvalue weighted by Crippen LogP contribution is -2.58. The Labute approximate surface area is 166 Å². The Hall–Kier alpha value is -0.940. The van der Waals surface area contributed by atoms with Gasteiger partial charge in [-0.1, -0.05) is 31.2 Å². The summed E-state index contributed by atoms with van der Waals surface area (Å²) in [6.45, 7) is 14.0. The minimum Gasteiger partial charge on any atom is -0.396 e. The van der Waals surface area contributed by atoms with Gasteiger partial charge in [0.25, 0.3) is 0 Å². The number of benzene rings is 1. The van der Waals surface area contributed by atoms with E-state index < -0.39 is 0 Å². The smallest absolute Gasteiger partial charge is 0.0446 e. The molecule has 0 radical (unpaired) electrons. The van der Waals surface area contributed by atoms with E-state index >= 15 is 0 Å². The van der Waals surface area contributed by atoms with E-state index in [0.29, 0.717) is 24.7 Å². The molecule has 27 heavy (non-hydrogen) atoms. The fourth-order valence-corrected chi connectivity index (χ4v) is 4.84. The van der Waals surface area contributed by atoms with Crippen molar-refractivity contribution in [1.29, 1.82) is 0 Å². The lowest BCUT2D eigenvalue weighted by atomic mass is 9.97. The molecule has 152 valence electrons. The molecule has 0 aromatic heterocycles. The minimum absolute atomic E-state index is 0.297. The lowest BCUT2D eigenvalue weighted by Gasteiger charge is -2.48. The van der Waals surface area contributed by atoms with Gasteiger partial charge < -0.3 is 10.0 Å². The van der Waals surface area contributed by atoms with Crippen molar-refractivity contribution < 1.29 is 5.11 Å². The van der Waals surface area contributed by atoms with Crippen molar-refractivity contribution in [3.05, 3.63) is 35.4 Å². The third kappa shape index (κ3) is 5.54. The molecule has 4 nitrogen and oxygen atoms in total. The van der Waals surface area contributed by atoms with Crippen molar-refractivity contribution in [2.75, 3.05) is 39.3 Å². The van der Waals surface area contributed by atoms with Gasteiger partial charge in [0.15, 0.2) is 0 Å². The van der Waals surface area contributed by atoms with Crippen LogP contribution in [-0.4, -0.2) is 77.3 Å². The predicted molar refractivity (Wildman–Crippen MR) is 113 cm³/mol. The lowest BCUT2D eigenvalue weighted by molar-refractivity contribution is -0.0000301. The van der Waals surface area contributed by atoms with Gasteiger partial charge in [-0.15, -0.1) is 0 Å². The second-order valence-electron chi connectivity index (χ2n) is 8.67. The van der Waals surface area contributed by atoms with E-state index in [1.54, 1.807) is 0 Å². The second kappa shape index (κ2) is 10.0. The number of aliphatic hydroxyl groups is 1. The number of piperazine rings is 1. The maximum atomic E-state index is 9.63. The third-order valence-electron chi connectivity index (χ3n) is 6.61. The molecule has 2 aliphatic heterocycles. The fourth-order valence-electron chi connectivity index (χ4n) is 4.84. The molecule has 1 aromatic carbocycles. The third-order valence-corrected chi connectivity index (χ3v) is 6.61. The van der Waals surface area contributed by atoms with Gasteiger partial charge in [-0.05, 0) is 63.7 Å². The standard InChI is InChI=1S/C23H39N3O/c1-4-20-5-7-21(8-6-20)17-24-14-15-26(23(18-24)11-16-27)22-9-12-25(13-10-22)19(2)3/h5-8,19,22-23,27H,4,9-18H2,1-3H3/t23-/m1/s1. The molecule has 0 saturated carbocycles. The highest BCUT2D eigenvalue weighted by Crippen LogP contribution is 2.25. The van der Waals surface area contributed by atoms with Gasteiger partial charge in [-0.3, -0.25) is 9.80 Å². The van der Waals surface area contributed by atoms with Crippen LogP contribution in [0.4, 0.5) is 0 Å². The first-order chi connectivity index (χ1) is 13.1. The normalized spacial score (nSPS) is 24.0. The maximum absolute atomic E-state index is 9.63. The zero-order chi connectivity index (χ0) is 19.2. The van der Waals surface area contributed by atoms with Crippen molar-refractivity contribution in [3.8, 4) is 0 Å². The molecule has 0 aliphatic carbocycles. The Morgan fingerprint density at radius 3 is 2.26 bits per heavy atom. The molecule has 1 aromatic rings. The molecule has 1 N–H and O–H groups in total. The van der Waals surface area contributed by atoms with Gasteiger partial charge in [0.1, 0.15) is 0 Å². The summed E-state index contributed by atoms with van der Waals surface area (Å²) in [6, 6.07) is 11.0. The summed E-state index contributed by atoms with van der Waals surface area (Å²) in [7, 11) is 0. The first kappa shape index (κ1) is 20.8. The van der Waals surface area contributed by atoms with Gasteiger partial charge in [0.05, 0.1) is 0 Å². The monoisotopic (exact) mass is 373 g/mol. The Balaban J connectivity index is 1.56. The van der Waals surface area contributed by atoms with Crippen LogP contribution in [0, 0.1) is 0 Å². The molecule has 2 fully saturated rings. The highest BCUT2D eigenvalue weighted by atomic mass is 16.3. The molecule has 0 spiro atoms. The van der Waals surface area contributed by atoms with Crippen LogP contribution in [0.1, 0.15) is 51.2 Å². The average Bonchev–Trinajstić information content (AvgIpc) is 2.69. The summed E-state index contributed by atoms with van der Waals surface area (Å²) >= 11 is 0. The predicted octanol–water partition coefficient (Wildman–Crippen LogP) is 2.99. The largest absolute Gasteiger partial charge is 0.396 e. The first-order valence-corrected chi connectivity index (χ1v) is 11.0. The fraction of sp³-hybridized carbons (Fsp3) is 0.739. The number of piperidine rings is 1. The molecule has 0 amide bonds. The van der Waals surface area contributed by atoms with Crippen LogP contribution in [0.3, 0.4) is 0 Å². The molecule has 4 heteroatoms. The van der Waals surface area contributed by atoms with Crippen molar-refractivity contribution in [2.24, 2.45) is 0 Å². The van der Waals surface area contributed by atoms with E-state index in [2.05, 4.69) is 59.7 Å². The number of hydrogen-bond acceptors (Lipinski definition) is 4. The topological polar surface area (TPSA) is 30.0 Å². The summed E-state index contributed by atoms with van der Waals surface area (Å²) in [5, 5.41) is 9.63. The highest BCUT2D eigenvalue weighted by molar-refractivity contribution is 5.22. The van der Waals surface area contributed by atoms with Gasteiger partial charge in [-0.2, -0.15) is 0 Å². The van der Waals surface area contributed by atoms with Crippen molar-refractivity contribution in [2.45, 2.75) is 71.1 Å². The summed E-state index contributed by atoms with van der Waals surface area (Å²) in [6.07, 6.45) is 4.56. The molecular formula is C23H39N3O. The molecule has 2 heterocycles. The molecule has 0 unspecified atom stereocenters. The first-order valence-electron chi connectivity index (χ1n) is 11.0. The van der Waals surface area contributed by atoms with E-state index in [1.807, 2.05) is 0 Å². The van der Waals surface area contributed by atoms with Crippen LogP contribution in [-0.2, 0) is 13.0 Å². The van der Waals surface area contributed by atoms with E-state index in [0.717, 1.165) is 39.0 Å². The van der Waals surface area contributed by atoms with Gasteiger partial charge >= 0.3 is 0 Å². The molecular weight excluding hydrogens is 334 g/mol. The number of nitrogens with zero attached hydrogens (tertiary/aromatic N) is 3. The SMILES string of the molecule is CCc1ccc(CN2CCN(C3CCN(C(C)C)CC3)[C@H](CCO)C2)cc1. The molecule has 2 aliphatic rings. The average molecular weight is 374 g/mol. The van der Waals surface area contributed by atoms with Crippen molar-refractivity contribution in [3.63, 3.8) is 0 Å². The van der Waals surface area contributed by atoms with Crippen LogP contribution in [0.2, 0.25) is 0 Å². The Morgan fingerprint density at radius 2 is 1.67 bits per heavy atom. The number of rotatable bonds is 7. The van der Waals surface area contributed by atoms with Crippen molar-refractivity contribution >= 4 is 0 Å². The Morgan fingerprint density at radius 1 is 1.00 bits per heavy atom. The van der Waals surface area contributed by atoms with Crippen LogP contribution in [0.25, 0.3) is 0 Å². The zero-order valence-corrected chi connectivity index (χ0v) is 17.6. The number of aryl methyl sites for hydroxylation is 1. The molecule has 1 atom stereocenters. The quantitative estimate of drug-likeness (QED) is 0.796. The van der Waals surface area contributed by atoms with E-state index in [-0.39, 0.29) is 0 Å². The molecule has 2 saturated heterocycles. The minimum atomic E-state index is 0.297. The van der Waals surface area contributed by atoms with Crippen LogP contribution < -0.4 is 0 Å². The number of hydrogen-bond donors (Lipinski definition) is 1. The number of aliphatic hydroxyl groups excluding tert-OH is 1. The van der Waals surface area contributed by atoms with Crippen LogP contribution in [0.15, 0.2) is 24.3 Å². The second-order valence-corrected chi connectivity index (χ2v) is 8.67. The van der Waals surface area contributed by atoms with Gasteiger partial charge in [0.2, 0.25) is 0 Å². The van der Waals surface area contributed by atoms with E-state index in [9.17, 15) is 5.11 Å². The van der Waals surface area contributed by atoms with Gasteiger partial charge in [-0.25, -0.2) is 0 Å². The summed E-state index contributed by atoms with van der Waals surface area (Å²) in [5.74, 6) is 0.